The van der Waals surface area contributed by atoms with Crippen molar-refractivity contribution in [1.82, 2.24) is 4.98 Å². The first-order valence-electron chi connectivity index (χ1n) is 5.06. The number of carboxylic acids is 1. The van der Waals surface area contributed by atoms with Gasteiger partial charge in [-0.3, -0.25) is 5.32 Å². The standard InChI is InChI=1S/C11H8ClN3O3S/c12-8-5-6(1-2-7(8)9(16)17)14-10(18)15-11-13-3-4-19-11/h1-5H,(H,16,17)(H2,13,14,15,18). The Kier molecular flexibility index (Phi) is 3.98. The van der Waals surface area contributed by atoms with E-state index in [-0.39, 0.29) is 10.6 Å². The fourth-order valence-electron chi connectivity index (χ4n) is 1.31. The summed E-state index contributed by atoms with van der Waals surface area (Å²) in [6.07, 6.45) is 1.57. The predicted molar refractivity (Wildman–Crippen MR) is 73.2 cm³/mol. The van der Waals surface area contributed by atoms with Crippen LogP contribution in [0.1, 0.15) is 10.4 Å². The maximum Gasteiger partial charge on any atom is 0.337 e. The topological polar surface area (TPSA) is 91.3 Å². The van der Waals surface area contributed by atoms with Crippen molar-refractivity contribution in [2.75, 3.05) is 10.6 Å². The van der Waals surface area contributed by atoms with E-state index >= 15 is 0 Å². The van der Waals surface area contributed by atoms with Crippen LogP contribution < -0.4 is 10.6 Å². The van der Waals surface area contributed by atoms with Crippen LogP contribution in [0.3, 0.4) is 0 Å². The van der Waals surface area contributed by atoms with Gasteiger partial charge in [-0.2, -0.15) is 0 Å². The van der Waals surface area contributed by atoms with Gasteiger partial charge in [-0.15, -0.1) is 11.3 Å². The molecule has 1 aromatic heterocycles. The molecule has 0 saturated heterocycles. The van der Waals surface area contributed by atoms with Gasteiger partial charge in [0.15, 0.2) is 5.13 Å². The van der Waals surface area contributed by atoms with Crippen LogP contribution in [-0.4, -0.2) is 22.1 Å². The first-order valence-corrected chi connectivity index (χ1v) is 6.32. The lowest BCUT2D eigenvalue weighted by Crippen LogP contribution is -2.19. The van der Waals surface area contributed by atoms with Crippen molar-refractivity contribution in [3.05, 3.63) is 40.4 Å². The number of aromatic nitrogens is 1. The second kappa shape index (κ2) is 5.68. The van der Waals surface area contributed by atoms with Crippen molar-refractivity contribution in [3.8, 4) is 0 Å². The molecule has 0 radical (unpaired) electrons. The molecule has 0 bridgehead atoms. The van der Waals surface area contributed by atoms with Gasteiger partial charge in [-0.25, -0.2) is 14.6 Å². The lowest BCUT2D eigenvalue weighted by atomic mass is 10.2. The zero-order chi connectivity index (χ0) is 13.8. The average molecular weight is 298 g/mol. The number of hydrogen-bond donors (Lipinski definition) is 3. The quantitative estimate of drug-likeness (QED) is 0.811. The molecular formula is C11H8ClN3O3S. The lowest BCUT2D eigenvalue weighted by molar-refractivity contribution is 0.0697. The summed E-state index contributed by atoms with van der Waals surface area (Å²) in [5.74, 6) is -1.12. The number of aromatic carboxylic acids is 1. The van der Waals surface area contributed by atoms with Gasteiger partial charge >= 0.3 is 12.0 Å². The molecule has 0 aliphatic heterocycles. The molecule has 0 fully saturated rings. The van der Waals surface area contributed by atoms with Crippen LogP contribution >= 0.6 is 22.9 Å². The minimum atomic E-state index is -1.12. The van der Waals surface area contributed by atoms with Crippen molar-refractivity contribution in [2.24, 2.45) is 0 Å². The fraction of sp³-hybridized carbons (Fsp3) is 0. The summed E-state index contributed by atoms with van der Waals surface area (Å²) in [5.41, 5.74) is 0.372. The molecule has 19 heavy (non-hydrogen) atoms. The summed E-state index contributed by atoms with van der Waals surface area (Å²) < 4.78 is 0. The van der Waals surface area contributed by atoms with Crippen LogP contribution in [0.4, 0.5) is 15.6 Å². The second-order valence-electron chi connectivity index (χ2n) is 3.42. The SMILES string of the molecule is O=C(Nc1ccc(C(=O)O)c(Cl)c1)Nc1nccs1. The number of halogens is 1. The third-order valence-corrected chi connectivity index (χ3v) is 3.11. The van der Waals surface area contributed by atoms with E-state index < -0.39 is 12.0 Å². The number of benzene rings is 1. The van der Waals surface area contributed by atoms with Gasteiger partial charge in [-0.1, -0.05) is 11.6 Å². The highest BCUT2D eigenvalue weighted by molar-refractivity contribution is 7.13. The summed E-state index contributed by atoms with van der Waals surface area (Å²) in [6.45, 7) is 0. The van der Waals surface area contributed by atoms with Crippen LogP contribution in [0.25, 0.3) is 0 Å². The van der Waals surface area contributed by atoms with E-state index in [9.17, 15) is 9.59 Å². The van der Waals surface area contributed by atoms with E-state index in [1.54, 1.807) is 11.6 Å². The first kappa shape index (κ1) is 13.3. The maximum atomic E-state index is 11.6. The molecule has 3 N–H and O–H groups in total. The Morgan fingerprint density at radius 2 is 2.11 bits per heavy atom. The summed E-state index contributed by atoms with van der Waals surface area (Å²) in [4.78, 5) is 26.3. The molecule has 6 nitrogen and oxygen atoms in total. The molecule has 0 aliphatic carbocycles. The number of nitrogens with one attached hydrogen (secondary N) is 2. The zero-order valence-corrected chi connectivity index (χ0v) is 11.0. The Bertz CT molecular complexity index is 616. The van der Waals surface area contributed by atoms with Gasteiger partial charge in [0, 0.05) is 17.3 Å². The number of anilines is 2. The van der Waals surface area contributed by atoms with E-state index in [1.165, 1.54) is 29.5 Å². The minimum Gasteiger partial charge on any atom is -0.478 e. The van der Waals surface area contributed by atoms with Crippen LogP contribution in [0.15, 0.2) is 29.8 Å². The number of thiazole rings is 1. The van der Waals surface area contributed by atoms with Crippen molar-refractivity contribution in [1.29, 1.82) is 0 Å². The smallest absolute Gasteiger partial charge is 0.337 e. The Morgan fingerprint density at radius 3 is 2.68 bits per heavy atom. The summed E-state index contributed by atoms with van der Waals surface area (Å²) >= 11 is 7.07. The van der Waals surface area contributed by atoms with E-state index in [0.29, 0.717) is 10.8 Å². The number of carbonyl (C=O) groups excluding carboxylic acids is 1. The summed E-state index contributed by atoms with van der Waals surface area (Å²) in [7, 11) is 0. The molecule has 2 amide bonds. The predicted octanol–water partition coefficient (Wildman–Crippen LogP) is 3.14. The van der Waals surface area contributed by atoms with Crippen LogP contribution in [0, 0.1) is 0 Å². The molecular weight excluding hydrogens is 290 g/mol. The van der Waals surface area contributed by atoms with Crippen LogP contribution in [0.2, 0.25) is 5.02 Å². The number of nitrogens with zero attached hydrogens (tertiary/aromatic N) is 1. The molecule has 2 rings (SSSR count). The average Bonchev–Trinajstić information content (AvgIpc) is 2.81. The molecule has 0 spiro atoms. The van der Waals surface area contributed by atoms with Crippen molar-refractivity contribution in [2.45, 2.75) is 0 Å². The zero-order valence-electron chi connectivity index (χ0n) is 9.38. The van der Waals surface area contributed by atoms with Crippen molar-refractivity contribution >= 4 is 45.8 Å². The summed E-state index contributed by atoms with van der Waals surface area (Å²) in [6, 6.07) is 3.67. The van der Waals surface area contributed by atoms with Gasteiger partial charge < -0.3 is 10.4 Å². The molecule has 98 valence electrons. The number of urea groups is 1. The van der Waals surface area contributed by atoms with Gasteiger partial charge in [0.25, 0.3) is 0 Å². The van der Waals surface area contributed by atoms with Crippen molar-refractivity contribution in [3.63, 3.8) is 0 Å². The van der Waals surface area contributed by atoms with E-state index in [1.807, 2.05) is 0 Å². The molecule has 2 aromatic rings. The maximum absolute atomic E-state index is 11.6. The lowest BCUT2D eigenvalue weighted by Gasteiger charge is -2.06. The number of hydrogen-bond acceptors (Lipinski definition) is 4. The van der Waals surface area contributed by atoms with E-state index in [4.69, 9.17) is 16.7 Å². The van der Waals surface area contributed by atoms with Crippen LogP contribution in [0.5, 0.6) is 0 Å². The largest absolute Gasteiger partial charge is 0.478 e. The first-order chi connectivity index (χ1) is 9.06. The number of rotatable bonds is 3. The molecule has 8 heteroatoms. The highest BCUT2D eigenvalue weighted by atomic mass is 35.5. The third kappa shape index (κ3) is 3.43. The molecule has 0 aliphatic rings. The summed E-state index contributed by atoms with van der Waals surface area (Å²) in [5, 5.41) is 16.1. The van der Waals surface area contributed by atoms with Gasteiger partial charge in [0.05, 0.1) is 10.6 Å². The van der Waals surface area contributed by atoms with Gasteiger partial charge in [-0.05, 0) is 18.2 Å². The van der Waals surface area contributed by atoms with E-state index in [0.717, 1.165) is 0 Å². The highest BCUT2D eigenvalue weighted by Crippen LogP contribution is 2.21. The Morgan fingerprint density at radius 1 is 1.32 bits per heavy atom. The third-order valence-electron chi connectivity index (χ3n) is 2.11. The second-order valence-corrected chi connectivity index (χ2v) is 4.72. The van der Waals surface area contributed by atoms with Crippen LogP contribution in [-0.2, 0) is 0 Å². The molecule has 0 atom stereocenters. The van der Waals surface area contributed by atoms with Gasteiger partial charge in [0.2, 0.25) is 0 Å². The monoisotopic (exact) mass is 297 g/mol. The number of amides is 2. The minimum absolute atomic E-state index is 0.0208. The number of carbonyl (C=O) groups is 2. The molecule has 1 aromatic carbocycles. The molecule has 0 saturated carbocycles. The Balaban J connectivity index is 2.05. The fourth-order valence-corrected chi connectivity index (χ4v) is 2.10. The highest BCUT2D eigenvalue weighted by Gasteiger charge is 2.10. The Hall–Kier alpha value is -2.12. The van der Waals surface area contributed by atoms with E-state index in [2.05, 4.69) is 15.6 Å². The molecule has 1 heterocycles. The number of carboxylic acid groups (broad SMARTS) is 1. The Labute approximate surface area is 117 Å². The van der Waals surface area contributed by atoms with Crippen molar-refractivity contribution < 1.29 is 14.7 Å². The van der Waals surface area contributed by atoms with Gasteiger partial charge in [0.1, 0.15) is 0 Å². The normalized spacial score (nSPS) is 9.95. The molecule has 0 unspecified atom stereocenters.